The van der Waals surface area contributed by atoms with E-state index in [0.29, 0.717) is 17.2 Å². The maximum absolute atomic E-state index is 12.3. The summed E-state index contributed by atoms with van der Waals surface area (Å²) < 4.78 is 42.2. The van der Waals surface area contributed by atoms with Gasteiger partial charge in [0.1, 0.15) is 0 Å². The summed E-state index contributed by atoms with van der Waals surface area (Å²) in [5.41, 5.74) is -0.166. The normalized spacial score (nSPS) is 11.8. The minimum absolute atomic E-state index is 0.126. The predicted octanol–water partition coefficient (Wildman–Crippen LogP) is 4.10. The second kappa shape index (κ2) is 4.41. The van der Waals surface area contributed by atoms with Gasteiger partial charge in [0.25, 0.3) is 0 Å². The van der Waals surface area contributed by atoms with E-state index in [9.17, 15) is 13.2 Å². The molecule has 0 spiro atoms. The lowest BCUT2D eigenvalue weighted by Crippen LogP contribution is -2.03. The Morgan fingerprint density at radius 2 is 1.82 bits per heavy atom. The molecule has 1 aromatic carbocycles. The highest BCUT2D eigenvalue weighted by Gasteiger charge is 2.30. The molecule has 0 unspecified atom stereocenters. The summed E-state index contributed by atoms with van der Waals surface area (Å²) in [7, 11) is 0. The van der Waals surface area contributed by atoms with Crippen LogP contribution in [0.3, 0.4) is 0 Å². The molecule has 2 nitrogen and oxygen atoms in total. The largest absolute Gasteiger partial charge is 0.439 e. The third kappa shape index (κ3) is 2.61. The molecule has 0 fully saturated rings. The van der Waals surface area contributed by atoms with Gasteiger partial charge in [0.05, 0.1) is 17.6 Å². The van der Waals surface area contributed by atoms with Gasteiger partial charge in [-0.05, 0) is 12.1 Å². The molecule has 0 N–H and O–H groups in total. The molecule has 0 aliphatic rings. The SMILES string of the molecule is FC(F)(F)c1ccc(-c2cnc(CCl)o2)cc1. The average Bonchev–Trinajstić information content (AvgIpc) is 2.76. The first kappa shape index (κ1) is 12.0. The van der Waals surface area contributed by atoms with Crippen molar-refractivity contribution in [3.63, 3.8) is 0 Å². The highest BCUT2D eigenvalue weighted by Crippen LogP contribution is 2.31. The van der Waals surface area contributed by atoms with Crippen molar-refractivity contribution in [2.75, 3.05) is 0 Å². The Labute approximate surface area is 100 Å². The number of oxazole rings is 1. The summed E-state index contributed by atoms with van der Waals surface area (Å²) in [5.74, 6) is 0.858. The first-order valence-electron chi connectivity index (χ1n) is 4.69. The van der Waals surface area contributed by atoms with Crippen LogP contribution in [0.4, 0.5) is 13.2 Å². The summed E-state index contributed by atoms with van der Waals surface area (Å²) in [6, 6.07) is 4.67. The molecule has 0 amide bonds. The van der Waals surface area contributed by atoms with Crippen LogP contribution in [0.15, 0.2) is 34.9 Å². The van der Waals surface area contributed by atoms with E-state index in [-0.39, 0.29) is 5.88 Å². The number of alkyl halides is 4. The zero-order valence-corrected chi connectivity index (χ0v) is 9.22. The second-order valence-corrected chi connectivity index (χ2v) is 3.59. The van der Waals surface area contributed by atoms with Gasteiger partial charge in [-0.25, -0.2) is 4.98 Å². The zero-order valence-electron chi connectivity index (χ0n) is 8.46. The summed E-state index contributed by atoms with van der Waals surface area (Å²) in [5, 5.41) is 0. The molecule has 2 aromatic rings. The number of hydrogen-bond donors (Lipinski definition) is 0. The number of hydrogen-bond acceptors (Lipinski definition) is 2. The topological polar surface area (TPSA) is 26.0 Å². The minimum Gasteiger partial charge on any atom is -0.439 e. The highest BCUT2D eigenvalue weighted by molar-refractivity contribution is 6.16. The van der Waals surface area contributed by atoms with Crippen molar-refractivity contribution in [3.8, 4) is 11.3 Å². The van der Waals surface area contributed by atoms with Crippen LogP contribution in [0.5, 0.6) is 0 Å². The molecule has 0 radical (unpaired) electrons. The van der Waals surface area contributed by atoms with Crippen LogP contribution >= 0.6 is 11.6 Å². The van der Waals surface area contributed by atoms with Gasteiger partial charge in [-0.2, -0.15) is 13.2 Å². The second-order valence-electron chi connectivity index (χ2n) is 3.33. The summed E-state index contributed by atoms with van der Waals surface area (Å²) in [6.07, 6.45) is -2.90. The molecule has 2 rings (SSSR count). The first-order valence-corrected chi connectivity index (χ1v) is 5.22. The lowest BCUT2D eigenvalue weighted by molar-refractivity contribution is -0.137. The third-order valence-corrected chi connectivity index (χ3v) is 2.39. The molecule has 17 heavy (non-hydrogen) atoms. The van der Waals surface area contributed by atoms with Gasteiger partial charge >= 0.3 is 6.18 Å². The van der Waals surface area contributed by atoms with Crippen LogP contribution in [-0.4, -0.2) is 4.98 Å². The summed E-state index contributed by atoms with van der Waals surface area (Å²) in [4.78, 5) is 3.86. The zero-order chi connectivity index (χ0) is 12.5. The van der Waals surface area contributed by atoms with Crippen LogP contribution in [0.25, 0.3) is 11.3 Å². The molecule has 0 saturated carbocycles. The van der Waals surface area contributed by atoms with Gasteiger partial charge in [-0.15, -0.1) is 11.6 Å². The van der Waals surface area contributed by atoms with E-state index in [0.717, 1.165) is 12.1 Å². The average molecular weight is 262 g/mol. The van der Waals surface area contributed by atoms with Gasteiger partial charge in [0.2, 0.25) is 5.89 Å². The van der Waals surface area contributed by atoms with E-state index in [1.54, 1.807) is 0 Å². The Balaban J connectivity index is 2.29. The Hall–Kier alpha value is -1.49. The molecule has 1 aromatic heterocycles. The van der Waals surface area contributed by atoms with Crippen LogP contribution in [0, 0.1) is 0 Å². The number of nitrogens with zero attached hydrogens (tertiary/aromatic N) is 1. The van der Waals surface area contributed by atoms with E-state index in [1.165, 1.54) is 18.3 Å². The molecule has 90 valence electrons. The lowest BCUT2D eigenvalue weighted by atomic mass is 10.1. The van der Waals surface area contributed by atoms with Gasteiger partial charge in [-0.1, -0.05) is 12.1 Å². The van der Waals surface area contributed by atoms with E-state index in [4.69, 9.17) is 16.0 Å². The highest BCUT2D eigenvalue weighted by atomic mass is 35.5. The van der Waals surface area contributed by atoms with E-state index in [2.05, 4.69) is 4.98 Å². The van der Waals surface area contributed by atoms with Crippen LogP contribution in [0.1, 0.15) is 11.5 Å². The molecular weight excluding hydrogens is 255 g/mol. The van der Waals surface area contributed by atoms with E-state index in [1.807, 2.05) is 0 Å². The fourth-order valence-corrected chi connectivity index (χ4v) is 1.45. The maximum atomic E-state index is 12.3. The lowest BCUT2D eigenvalue weighted by Gasteiger charge is -2.06. The van der Waals surface area contributed by atoms with Crippen molar-refractivity contribution in [2.45, 2.75) is 12.1 Å². The summed E-state index contributed by atoms with van der Waals surface area (Å²) in [6.45, 7) is 0. The number of aromatic nitrogens is 1. The molecule has 0 aliphatic heterocycles. The monoisotopic (exact) mass is 261 g/mol. The molecule has 1 heterocycles. The number of rotatable bonds is 2. The smallest absolute Gasteiger partial charge is 0.416 e. The molecule has 0 bridgehead atoms. The Kier molecular flexibility index (Phi) is 3.11. The fourth-order valence-electron chi connectivity index (χ4n) is 1.33. The standard InChI is InChI=1S/C11H7ClF3NO/c12-5-10-16-6-9(17-10)7-1-3-8(4-2-7)11(13,14)15/h1-4,6H,5H2. The van der Waals surface area contributed by atoms with Crippen molar-refractivity contribution < 1.29 is 17.6 Å². The maximum Gasteiger partial charge on any atom is 0.416 e. The minimum atomic E-state index is -4.33. The van der Waals surface area contributed by atoms with E-state index < -0.39 is 11.7 Å². The first-order chi connectivity index (χ1) is 8.00. The molecule has 6 heteroatoms. The van der Waals surface area contributed by atoms with Crippen LogP contribution < -0.4 is 0 Å². The quantitative estimate of drug-likeness (QED) is 0.761. The van der Waals surface area contributed by atoms with Crippen molar-refractivity contribution in [3.05, 3.63) is 41.9 Å². The fraction of sp³-hybridized carbons (Fsp3) is 0.182. The third-order valence-electron chi connectivity index (χ3n) is 2.16. The van der Waals surface area contributed by atoms with Crippen LogP contribution in [-0.2, 0) is 12.1 Å². The van der Waals surface area contributed by atoms with Crippen molar-refractivity contribution in [2.24, 2.45) is 0 Å². The molecule has 0 aliphatic carbocycles. The Morgan fingerprint density at radius 3 is 2.29 bits per heavy atom. The van der Waals surface area contributed by atoms with Gasteiger partial charge < -0.3 is 4.42 Å². The molecule has 0 saturated heterocycles. The van der Waals surface area contributed by atoms with Gasteiger partial charge in [0, 0.05) is 5.56 Å². The van der Waals surface area contributed by atoms with Crippen molar-refractivity contribution in [1.29, 1.82) is 0 Å². The molecule has 0 atom stereocenters. The predicted molar refractivity (Wildman–Crippen MR) is 56.5 cm³/mol. The van der Waals surface area contributed by atoms with Crippen molar-refractivity contribution in [1.82, 2.24) is 4.98 Å². The summed E-state index contributed by atoms with van der Waals surface area (Å²) >= 11 is 5.51. The Morgan fingerprint density at radius 1 is 1.18 bits per heavy atom. The van der Waals surface area contributed by atoms with E-state index >= 15 is 0 Å². The molecular formula is C11H7ClF3NO. The number of halogens is 4. The Bertz CT molecular complexity index is 504. The van der Waals surface area contributed by atoms with Gasteiger partial charge in [0.15, 0.2) is 5.76 Å². The number of benzene rings is 1. The van der Waals surface area contributed by atoms with Crippen molar-refractivity contribution >= 4 is 11.6 Å². The van der Waals surface area contributed by atoms with Gasteiger partial charge in [-0.3, -0.25) is 0 Å². The van der Waals surface area contributed by atoms with Crippen LogP contribution in [0.2, 0.25) is 0 Å².